The number of fused-ring (bicyclic) bond motifs is 1. The van der Waals surface area contributed by atoms with E-state index in [-0.39, 0.29) is 0 Å². The lowest BCUT2D eigenvalue weighted by atomic mass is 9.64. The Morgan fingerprint density at radius 1 is 1.31 bits per heavy atom. The zero-order chi connectivity index (χ0) is 9.15. The zero-order valence-corrected chi connectivity index (χ0v) is 8.18. The molecule has 2 fully saturated rings. The molecule has 0 radical (unpaired) electrons. The molecule has 0 bridgehead atoms. The summed E-state index contributed by atoms with van der Waals surface area (Å²) in [6.07, 6.45) is 8.56. The Bertz CT molecular complexity index is 205. The molecule has 1 aliphatic heterocycles. The smallest absolute Gasteiger partial charge is 0.0628 e. The Balaban J connectivity index is 2.12. The van der Waals surface area contributed by atoms with Crippen molar-refractivity contribution in [2.24, 2.45) is 5.41 Å². The minimum absolute atomic E-state index is 0.352. The Kier molecular flexibility index (Phi) is 2.55. The third kappa shape index (κ3) is 1.58. The molecule has 2 heteroatoms. The van der Waals surface area contributed by atoms with Gasteiger partial charge in [-0.1, -0.05) is 12.8 Å². The molecule has 0 aromatic heterocycles. The van der Waals surface area contributed by atoms with Crippen LogP contribution in [0.5, 0.6) is 0 Å². The van der Waals surface area contributed by atoms with Gasteiger partial charge in [0.2, 0.25) is 0 Å². The van der Waals surface area contributed by atoms with Crippen LogP contribution in [0.25, 0.3) is 0 Å². The van der Waals surface area contributed by atoms with Crippen LogP contribution in [0, 0.1) is 16.7 Å². The summed E-state index contributed by atoms with van der Waals surface area (Å²) in [4.78, 5) is 0. The number of hydrogen-bond donors (Lipinski definition) is 1. The molecule has 2 aliphatic rings. The summed E-state index contributed by atoms with van der Waals surface area (Å²) in [5.41, 5.74) is 0.352. The third-order valence-electron chi connectivity index (χ3n) is 3.83. The fraction of sp³-hybridized carbons (Fsp3) is 0.909. The minimum atomic E-state index is 0.352. The van der Waals surface area contributed by atoms with Crippen LogP contribution in [0.2, 0.25) is 0 Å². The van der Waals surface area contributed by atoms with Gasteiger partial charge in [-0.25, -0.2) is 0 Å². The van der Waals surface area contributed by atoms with E-state index in [0.717, 1.165) is 13.0 Å². The van der Waals surface area contributed by atoms with Gasteiger partial charge in [-0.2, -0.15) is 5.26 Å². The predicted molar refractivity (Wildman–Crippen MR) is 52.2 cm³/mol. The number of rotatable bonds is 1. The molecule has 1 saturated carbocycles. The van der Waals surface area contributed by atoms with Gasteiger partial charge >= 0.3 is 0 Å². The van der Waals surface area contributed by atoms with E-state index in [0.29, 0.717) is 11.5 Å². The summed E-state index contributed by atoms with van der Waals surface area (Å²) < 4.78 is 0. The zero-order valence-electron chi connectivity index (χ0n) is 8.18. The van der Waals surface area contributed by atoms with Crippen molar-refractivity contribution in [2.45, 2.75) is 51.0 Å². The van der Waals surface area contributed by atoms with Crippen LogP contribution in [-0.2, 0) is 0 Å². The molecule has 1 heterocycles. The standard InChI is InChI=1S/C11H18N2/c12-8-7-11-5-2-1-4-10(11)13-9-3-6-11/h10,13H,1-7,9H2/t10-,11+/m0/s1. The first-order chi connectivity index (χ1) is 6.37. The highest BCUT2D eigenvalue weighted by Gasteiger charge is 2.41. The Morgan fingerprint density at radius 3 is 3.00 bits per heavy atom. The highest BCUT2D eigenvalue weighted by atomic mass is 14.9. The van der Waals surface area contributed by atoms with Crippen LogP contribution in [0.15, 0.2) is 0 Å². The summed E-state index contributed by atoms with van der Waals surface area (Å²) in [6.45, 7) is 1.16. The van der Waals surface area contributed by atoms with E-state index in [9.17, 15) is 0 Å². The quantitative estimate of drug-likeness (QED) is 0.668. The van der Waals surface area contributed by atoms with Gasteiger partial charge < -0.3 is 5.32 Å². The summed E-state index contributed by atoms with van der Waals surface area (Å²) in [6, 6.07) is 3.04. The molecule has 0 unspecified atom stereocenters. The van der Waals surface area contributed by atoms with Crippen LogP contribution < -0.4 is 5.32 Å². The first-order valence-electron chi connectivity index (χ1n) is 5.48. The second-order valence-corrected chi connectivity index (χ2v) is 4.55. The van der Waals surface area contributed by atoms with Crippen molar-refractivity contribution in [2.75, 3.05) is 6.54 Å². The lowest BCUT2D eigenvalue weighted by molar-refractivity contribution is 0.0873. The van der Waals surface area contributed by atoms with Crippen LogP contribution in [0.1, 0.15) is 44.9 Å². The molecule has 0 spiro atoms. The van der Waals surface area contributed by atoms with Gasteiger partial charge in [0.1, 0.15) is 0 Å². The highest BCUT2D eigenvalue weighted by molar-refractivity contribution is 5.01. The van der Waals surface area contributed by atoms with Crippen molar-refractivity contribution in [1.29, 1.82) is 5.26 Å². The van der Waals surface area contributed by atoms with Crippen molar-refractivity contribution < 1.29 is 0 Å². The van der Waals surface area contributed by atoms with Crippen molar-refractivity contribution in [3.05, 3.63) is 0 Å². The molecule has 2 nitrogen and oxygen atoms in total. The number of piperidine rings is 1. The molecule has 1 N–H and O–H groups in total. The van der Waals surface area contributed by atoms with E-state index in [1.807, 2.05) is 0 Å². The number of hydrogen-bond acceptors (Lipinski definition) is 2. The van der Waals surface area contributed by atoms with Crippen LogP contribution in [0.4, 0.5) is 0 Å². The molecular weight excluding hydrogens is 160 g/mol. The van der Waals surface area contributed by atoms with E-state index in [2.05, 4.69) is 11.4 Å². The third-order valence-corrected chi connectivity index (χ3v) is 3.83. The summed E-state index contributed by atoms with van der Waals surface area (Å²) in [7, 11) is 0. The first-order valence-corrected chi connectivity index (χ1v) is 5.48. The average molecular weight is 178 g/mol. The maximum absolute atomic E-state index is 8.87. The normalized spacial score (nSPS) is 39.2. The lowest BCUT2D eigenvalue weighted by Gasteiger charge is -2.46. The maximum Gasteiger partial charge on any atom is 0.0628 e. The van der Waals surface area contributed by atoms with Gasteiger partial charge in [0.25, 0.3) is 0 Å². The average Bonchev–Trinajstić information content (AvgIpc) is 2.18. The molecule has 1 saturated heterocycles. The van der Waals surface area contributed by atoms with Gasteiger partial charge in [0.15, 0.2) is 0 Å². The molecule has 13 heavy (non-hydrogen) atoms. The second-order valence-electron chi connectivity index (χ2n) is 4.55. The molecular formula is C11H18N2. The summed E-state index contributed by atoms with van der Waals surface area (Å²) >= 11 is 0. The molecule has 72 valence electrons. The minimum Gasteiger partial charge on any atom is -0.313 e. The molecule has 2 atom stereocenters. The molecule has 2 rings (SSSR count). The summed E-state index contributed by atoms with van der Waals surface area (Å²) in [5.74, 6) is 0. The van der Waals surface area contributed by atoms with Crippen molar-refractivity contribution >= 4 is 0 Å². The SMILES string of the molecule is N#CC[C@]12CCCC[C@@H]1NCCC2. The highest BCUT2D eigenvalue weighted by Crippen LogP contribution is 2.44. The fourth-order valence-electron chi connectivity index (χ4n) is 3.10. The number of nitrogens with one attached hydrogen (secondary N) is 1. The van der Waals surface area contributed by atoms with Crippen LogP contribution >= 0.6 is 0 Å². The van der Waals surface area contributed by atoms with E-state index in [1.54, 1.807) is 0 Å². The lowest BCUT2D eigenvalue weighted by Crippen LogP contribution is -2.51. The second kappa shape index (κ2) is 3.67. The largest absolute Gasteiger partial charge is 0.313 e. The number of nitrogens with zero attached hydrogens (tertiary/aromatic N) is 1. The number of nitriles is 1. The van der Waals surface area contributed by atoms with Gasteiger partial charge in [0, 0.05) is 12.5 Å². The Morgan fingerprint density at radius 2 is 2.15 bits per heavy atom. The van der Waals surface area contributed by atoms with Crippen LogP contribution in [-0.4, -0.2) is 12.6 Å². The van der Waals surface area contributed by atoms with Gasteiger partial charge in [-0.05, 0) is 37.6 Å². The maximum atomic E-state index is 8.87. The van der Waals surface area contributed by atoms with Crippen molar-refractivity contribution in [1.82, 2.24) is 5.32 Å². The predicted octanol–water partition coefficient (Wildman–Crippen LogP) is 2.21. The monoisotopic (exact) mass is 178 g/mol. The molecule has 1 aliphatic carbocycles. The van der Waals surface area contributed by atoms with Crippen molar-refractivity contribution in [3.8, 4) is 6.07 Å². The fourth-order valence-corrected chi connectivity index (χ4v) is 3.10. The Labute approximate surface area is 80.3 Å². The molecule has 0 aromatic carbocycles. The van der Waals surface area contributed by atoms with Crippen LogP contribution in [0.3, 0.4) is 0 Å². The van der Waals surface area contributed by atoms with E-state index in [1.165, 1.54) is 38.5 Å². The van der Waals surface area contributed by atoms with E-state index in [4.69, 9.17) is 5.26 Å². The van der Waals surface area contributed by atoms with E-state index >= 15 is 0 Å². The van der Waals surface area contributed by atoms with Crippen molar-refractivity contribution in [3.63, 3.8) is 0 Å². The molecule has 0 aromatic rings. The van der Waals surface area contributed by atoms with Gasteiger partial charge in [0.05, 0.1) is 6.07 Å². The Hall–Kier alpha value is -0.550. The molecule has 0 amide bonds. The van der Waals surface area contributed by atoms with E-state index < -0.39 is 0 Å². The summed E-state index contributed by atoms with van der Waals surface area (Å²) in [5, 5.41) is 12.5. The topological polar surface area (TPSA) is 35.8 Å². The van der Waals surface area contributed by atoms with Gasteiger partial charge in [-0.3, -0.25) is 0 Å². The van der Waals surface area contributed by atoms with Gasteiger partial charge in [-0.15, -0.1) is 0 Å². The first kappa shape index (κ1) is 9.02.